The van der Waals surface area contributed by atoms with Gasteiger partial charge in [0.15, 0.2) is 0 Å². The number of ether oxygens (including phenoxy) is 1. The minimum absolute atomic E-state index is 0.0866. The van der Waals surface area contributed by atoms with Crippen LogP contribution in [0.1, 0.15) is 34.1 Å². The van der Waals surface area contributed by atoms with Crippen molar-refractivity contribution in [1.82, 2.24) is 10.2 Å². The number of hydrogen-bond acceptors (Lipinski definition) is 3. The van der Waals surface area contributed by atoms with Crippen molar-refractivity contribution >= 4 is 12.0 Å². The number of rotatable bonds is 2. The van der Waals surface area contributed by atoms with E-state index in [9.17, 15) is 9.59 Å². The molecule has 92 valence electrons. The van der Waals surface area contributed by atoms with Crippen molar-refractivity contribution in [2.24, 2.45) is 0 Å². The summed E-state index contributed by atoms with van der Waals surface area (Å²) in [6, 6.07) is -0.123. The molecule has 1 saturated heterocycles. The number of carbonyl (C=O) groups excluding carboxylic acids is 2. The minimum Gasteiger partial charge on any atom is -0.444 e. The molecule has 1 atom stereocenters. The number of nitrogens with one attached hydrogen (secondary N) is 1. The van der Waals surface area contributed by atoms with Crippen molar-refractivity contribution in [3.05, 3.63) is 0 Å². The van der Waals surface area contributed by atoms with E-state index < -0.39 is 11.7 Å². The minimum atomic E-state index is -0.503. The van der Waals surface area contributed by atoms with Crippen molar-refractivity contribution in [3.8, 4) is 0 Å². The highest BCUT2D eigenvalue weighted by atomic mass is 16.6. The maximum atomic E-state index is 11.5. The Morgan fingerprint density at radius 2 is 2.19 bits per heavy atom. The van der Waals surface area contributed by atoms with Gasteiger partial charge in [-0.1, -0.05) is 0 Å². The maximum absolute atomic E-state index is 11.5. The Morgan fingerprint density at radius 3 is 2.62 bits per heavy atom. The molecular weight excluding hydrogens is 208 g/mol. The zero-order valence-electron chi connectivity index (χ0n) is 10.4. The molecule has 2 amide bonds. The number of likely N-dealkylation sites (N-methyl/N-ethyl adjacent to an activating group) is 1. The Labute approximate surface area is 96.1 Å². The molecule has 0 aromatic heterocycles. The summed E-state index contributed by atoms with van der Waals surface area (Å²) in [5.41, 5.74) is -0.503. The van der Waals surface area contributed by atoms with Gasteiger partial charge < -0.3 is 15.0 Å². The average Bonchev–Trinajstić information content (AvgIpc) is 2.42. The lowest BCUT2D eigenvalue weighted by Gasteiger charge is -2.21. The van der Waals surface area contributed by atoms with Gasteiger partial charge in [-0.3, -0.25) is 4.79 Å². The number of amides is 2. The van der Waals surface area contributed by atoms with Gasteiger partial charge in [-0.05, 0) is 27.7 Å². The molecule has 1 aliphatic rings. The van der Waals surface area contributed by atoms with E-state index in [1.54, 1.807) is 4.90 Å². The smallest absolute Gasteiger partial charge is 0.407 e. The molecule has 0 aliphatic carbocycles. The summed E-state index contributed by atoms with van der Waals surface area (Å²) in [7, 11) is 0. The highest BCUT2D eigenvalue weighted by Gasteiger charge is 2.30. The Hall–Kier alpha value is -1.26. The molecule has 1 aliphatic heterocycles. The van der Waals surface area contributed by atoms with E-state index in [0.29, 0.717) is 19.5 Å². The third kappa shape index (κ3) is 3.72. The molecule has 0 spiro atoms. The molecule has 5 nitrogen and oxygen atoms in total. The highest BCUT2D eigenvalue weighted by molar-refractivity contribution is 5.80. The maximum Gasteiger partial charge on any atom is 0.407 e. The SMILES string of the molecule is CCN1C[C@@H](NC(=O)OC(C)(C)C)CC1=O. The van der Waals surface area contributed by atoms with Crippen molar-refractivity contribution in [1.29, 1.82) is 0 Å². The first kappa shape index (κ1) is 12.8. The van der Waals surface area contributed by atoms with Gasteiger partial charge in [0.25, 0.3) is 0 Å². The number of alkyl carbamates (subject to hydrolysis) is 1. The van der Waals surface area contributed by atoms with E-state index in [4.69, 9.17) is 4.74 Å². The Morgan fingerprint density at radius 1 is 1.56 bits per heavy atom. The first-order chi connectivity index (χ1) is 7.31. The highest BCUT2D eigenvalue weighted by Crippen LogP contribution is 2.12. The first-order valence-corrected chi connectivity index (χ1v) is 5.59. The molecule has 1 heterocycles. The third-order valence-electron chi connectivity index (χ3n) is 2.32. The predicted molar refractivity (Wildman–Crippen MR) is 60.0 cm³/mol. The molecule has 0 unspecified atom stereocenters. The fraction of sp³-hybridized carbons (Fsp3) is 0.818. The van der Waals surface area contributed by atoms with Gasteiger partial charge in [-0.2, -0.15) is 0 Å². The lowest BCUT2D eigenvalue weighted by Crippen LogP contribution is -2.40. The second kappa shape index (κ2) is 4.72. The molecule has 1 rings (SSSR count). The normalized spacial score (nSPS) is 21.1. The molecular formula is C11H20N2O3. The molecule has 5 heteroatoms. The lowest BCUT2D eigenvalue weighted by molar-refractivity contribution is -0.127. The van der Waals surface area contributed by atoms with Crippen LogP contribution in [0.25, 0.3) is 0 Å². The molecule has 0 aromatic carbocycles. The monoisotopic (exact) mass is 228 g/mol. The largest absolute Gasteiger partial charge is 0.444 e. The van der Waals surface area contributed by atoms with E-state index in [1.807, 2.05) is 27.7 Å². The van der Waals surface area contributed by atoms with Gasteiger partial charge in [0.05, 0.1) is 6.04 Å². The summed E-state index contributed by atoms with van der Waals surface area (Å²) in [5.74, 6) is 0.0866. The lowest BCUT2D eigenvalue weighted by atomic mass is 10.2. The fourth-order valence-electron chi connectivity index (χ4n) is 1.65. The molecule has 1 N–H and O–H groups in total. The van der Waals surface area contributed by atoms with Crippen molar-refractivity contribution in [2.75, 3.05) is 13.1 Å². The van der Waals surface area contributed by atoms with Gasteiger partial charge >= 0.3 is 6.09 Å². The summed E-state index contributed by atoms with van der Waals surface area (Å²) < 4.78 is 5.12. The van der Waals surface area contributed by atoms with Crippen LogP contribution in [-0.4, -0.2) is 41.6 Å². The Bertz CT molecular complexity index is 283. The van der Waals surface area contributed by atoms with Gasteiger partial charge in [0.1, 0.15) is 5.60 Å². The van der Waals surface area contributed by atoms with Crippen LogP contribution in [0.5, 0.6) is 0 Å². The summed E-state index contributed by atoms with van der Waals surface area (Å²) in [6.07, 6.45) is -0.0872. The van der Waals surface area contributed by atoms with Crippen molar-refractivity contribution < 1.29 is 14.3 Å². The van der Waals surface area contributed by atoms with E-state index >= 15 is 0 Å². The van der Waals surface area contributed by atoms with Gasteiger partial charge in [-0.25, -0.2) is 4.79 Å². The Balaban J connectivity index is 2.39. The van der Waals surface area contributed by atoms with Crippen LogP contribution >= 0.6 is 0 Å². The topological polar surface area (TPSA) is 58.6 Å². The van der Waals surface area contributed by atoms with Crippen LogP contribution in [0.2, 0.25) is 0 Å². The summed E-state index contributed by atoms with van der Waals surface area (Å²) >= 11 is 0. The molecule has 1 fully saturated rings. The van der Waals surface area contributed by atoms with Gasteiger partial charge in [0.2, 0.25) is 5.91 Å². The van der Waals surface area contributed by atoms with E-state index in [1.165, 1.54) is 0 Å². The van der Waals surface area contributed by atoms with Crippen molar-refractivity contribution in [3.63, 3.8) is 0 Å². The summed E-state index contributed by atoms with van der Waals surface area (Å²) in [6.45, 7) is 8.62. The van der Waals surface area contributed by atoms with E-state index in [0.717, 1.165) is 0 Å². The van der Waals surface area contributed by atoms with Crippen LogP contribution in [0.15, 0.2) is 0 Å². The third-order valence-corrected chi connectivity index (χ3v) is 2.32. The summed E-state index contributed by atoms with van der Waals surface area (Å²) in [5, 5.41) is 2.71. The number of hydrogen-bond donors (Lipinski definition) is 1. The van der Waals surface area contributed by atoms with Crippen LogP contribution in [0.4, 0.5) is 4.79 Å². The predicted octanol–water partition coefficient (Wildman–Crippen LogP) is 1.13. The molecule has 0 radical (unpaired) electrons. The summed E-state index contributed by atoms with van der Waals surface area (Å²) in [4.78, 5) is 24.6. The standard InChI is InChI=1S/C11H20N2O3/c1-5-13-7-8(6-9(13)14)12-10(15)16-11(2,3)4/h8H,5-7H2,1-4H3,(H,12,15)/t8-/m0/s1. The first-order valence-electron chi connectivity index (χ1n) is 5.59. The molecule has 16 heavy (non-hydrogen) atoms. The fourth-order valence-corrected chi connectivity index (χ4v) is 1.65. The number of carbonyl (C=O) groups is 2. The van der Waals surface area contributed by atoms with Crippen LogP contribution < -0.4 is 5.32 Å². The van der Waals surface area contributed by atoms with E-state index in [-0.39, 0.29) is 11.9 Å². The zero-order valence-corrected chi connectivity index (χ0v) is 10.4. The van der Waals surface area contributed by atoms with Crippen molar-refractivity contribution in [2.45, 2.75) is 45.8 Å². The Kier molecular flexibility index (Phi) is 3.78. The van der Waals surface area contributed by atoms with Gasteiger partial charge in [0, 0.05) is 19.5 Å². The number of likely N-dealkylation sites (tertiary alicyclic amines) is 1. The second-order valence-corrected chi connectivity index (χ2v) is 4.98. The molecule has 0 bridgehead atoms. The quantitative estimate of drug-likeness (QED) is 0.770. The molecule has 0 saturated carbocycles. The van der Waals surface area contributed by atoms with Crippen LogP contribution in [0, 0.1) is 0 Å². The average molecular weight is 228 g/mol. The van der Waals surface area contributed by atoms with Crippen LogP contribution in [0.3, 0.4) is 0 Å². The zero-order chi connectivity index (χ0) is 12.3. The second-order valence-electron chi connectivity index (χ2n) is 4.98. The van der Waals surface area contributed by atoms with Crippen LogP contribution in [-0.2, 0) is 9.53 Å². The molecule has 0 aromatic rings. The number of nitrogens with zero attached hydrogens (tertiary/aromatic N) is 1. The van der Waals surface area contributed by atoms with Gasteiger partial charge in [-0.15, -0.1) is 0 Å². The van der Waals surface area contributed by atoms with E-state index in [2.05, 4.69) is 5.32 Å².